The fraction of sp³-hybridized carbons (Fsp3) is 0.111. The van der Waals surface area contributed by atoms with E-state index in [1.54, 1.807) is 7.11 Å². The number of methoxy groups -OCH3 is 1. The Morgan fingerprint density at radius 2 is 1.55 bits per heavy atom. The molecule has 0 aliphatic carbocycles. The molecule has 0 amide bonds. The average molecular weight is 263 g/mol. The first-order valence-electron chi connectivity index (χ1n) is 6.67. The van der Waals surface area contributed by atoms with Gasteiger partial charge in [-0.05, 0) is 61.0 Å². The van der Waals surface area contributed by atoms with Gasteiger partial charge in [-0.15, -0.1) is 0 Å². The number of benzene rings is 2. The van der Waals surface area contributed by atoms with Crippen LogP contribution < -0.4 is 4.74 Å². The van der Waals surface area contributed by atoms with Crippen LogP contribution in [-0.2, 0) is 0 Å². The zero-order valence-electron chi connectivity index (χ0n) is 11.7. The normalized spacial score (nSPS) is 10.5. The van der Waals surface area contributed by atoms with E-state index in [9.17, 15) is 0 Å². The lowest BCUT2D eigenvalue weighted by atomic mass is 10.1. The molecule has 3 aromatic rings. The van der Waals surface area contributed by atoms with Crippen LogP contribution in [-0.4, -0.2) is 11.7 Å². The third-order valence-corrected chi connectivity index (χ3v) is 3.45. The third-order valence-electron chi connectivity index (χ3n) is 3.45. The van der Waals surface area contributed by atoms with Gasteiger partial charge in [0.25, 0.3) is 0 Å². The van der Waals surface area contributed by atoms with Crippen LogP contribution in [0.3, 0.4) is 0 Å². The Kier molecular flexibility index (Phi) is 3.30. The lowest BCUT2D eigenvalue weighted by Crippen LogP contribution is -1.95. The molecule has 20 heavy (non-hydrogen) atoms. The van der Waals surface area contributed by atoms with Crippen molar-refractivity contribution in [2.24, 2.45) is 0 Å². The Hall–Kier alpha value is -2.48. The highest BCUT2D eigenvalue weighted by Gasteiger charge is 2.05. The standard InChI is InChI=1S/C18H17NO/c1-14-5-9-16(10-6-14)19-13-3-4-18(19)15-7-11-17(20-2)12-8-15/h3-13H,1-2H3. The van der Waals surface area contributed by atoms with Crippen molar-refractivity contribution in [2.75, 3.05) is 7.11 Å². The number of aromatic nitrogens is 1. The zero-order valence-corrected chi connectivity index (χ0v) is 11.7. The number of rotatable bonds is 3. The Bertz CT molecular complexity index is 693. The van der Waals surface area contributed by atoms with E-state index in [0.29, 0.717) is 0 Å². The van der Waals surface area contributed by atoms with Gasteiger partial charge in [-0.2, -0.15) is 0 Å². The molecule has 3 rings (SSSR count). The summed E-state index contributed by atoms with van der Waals surface area (Å²) >= 11 is 0. The highest BCUT2D eigenvalue weighted by atomic mass is 16.5. The van der Waals surface area contributed by atoms with Gasteiger partial charge in [0, 0.05) is 11.9 Å². The highest BCUT2D eigenvalue weighted by molar-refractivity contribution is 5.64. The van der Waals surface area contributed by atoms with Gasteiger partial charge in [-0.3, -0.25) is 0 Å². The van der Waals surface area contributed by atoms with Crippen LogP contribution in [0.15, 0.2) is 66.9 Å². The second kappa shape index (κ2) is 5.25. The van der Waals surface area contributed by atoms with Gasteiger partial charge in [-0.25, -0.2) is 0 Å². The van der Waals surface area contributed by atoms with Crippen molar-refractivity contribution in [3.63, 3.8) is 0 Å². The Morgan fingerprint density at radius 3 is 2.20 bits per heavy atom. The van der Waals surface area contributed by atoms with E-state index in [-0.39, 0.29) is 0 Å². The maximum atomic E-state index is 5.21. The Morgan fingerprint density at radius 1 is 0.850 bits per heavy atom. The minimum Gasteiger partial charge on any atom is -0.497 e. The molecular weight excluding hydrogens is 246 g/mol. The van der Waals surface area contributed by atoms with Crippen molar-refractivity contribution in [1.82, 2.24) is 4.57 Å². The minimum atomic E-state index is 0.877. The van der Waals surface area contributed by atoms with Crippen LogP contribution in [0.5, 0.6) is 5.75 Å². The number of hydrogen-bond donors (Lipinski definition) is 0. The number of aryl methyl sites for hydroxylation is 1. The van der Waals surface area contributed by atoms with E-state index in [0.717, 1.165) is 5.75 Å². The molecule has 0 atom stereocenters. The first-order valence-corrected chi connectivity index (χ1v) is 6.67. The molecule has 2 nitrogen and oxygen atoms in total. The largest absolute Gasteiger partial charge is 0.497 e. The summed E-state index contributed by atoms with van der Waals surface area (Å²) in [6.07, 6.45) is 2.09. The maximum absolute atomic E-state index is 5.21. The average Bonchev–Trinajstić information content (AvgIpc) is 2.97. The highest BCUT2D eigenvalue weighted by Crippen LogP contribution is 2.25. The van der Waals surface area contributed by atoms with Crippen molar-refractivity contribution in [3.05, 3.63) is 72.4 Å². The molecule has 0 aliphatic heterocycles. The molecule has 0 spiro atoms. The molecule has 0 saturated carbocycles. The van der Waals surface area contributed by atoms with Crippen molar-refractivity contribution in [1.29, 1.82) is 0 Å². The van der Waals surface area contributed by atoms with Gasteiger partial charge in [0.05, 0.1) is 12.8 Å². The van der Waals surface area contributed by atoms with E-state index in [2.05, 4.69) is 66.2 Å². The van der Waals surface area contributed by atoms with E-state index in [4.69, 9.17) is 4.74 Å². The summed E-state index contributed by atoms with van der Waals surface area (Å²) in [4.78, 5) is 0. The quantitative estimate of drug-likeness (QED) is 0.680. The summed E-state index contributed by atoms with van der Waals surface area (Å²) in [6, 6.07) is 20.9. The fourth-order valence-electron chi connectivity index (χ4n) is 2.31. The molecule has 0 N–H and O–H groups in total. The minimum absolute atomic E-state index is 0.877. The first kappa shape index (κ1) is 12.5. The smallest absolute Gasteiger partial charge is 0.118 e. The van der Waals surface area contributed by atoms with Crippen LogP contribution in [0.1, 0.15) is 5.56 Å². The lowest BCUT2D eigenvalue weighted by Gasteiger charge is -2.10. The number of hydrogen-bond acceptors (Lipinski definition) is 1. The molecule has 2 aromatic carbocycles. The second-order valence-corrected chi connectivity index (χ2v) is 4.83. The van der Waals surface area contributed by atoms with Crippen LogP contribution >= 0.6 is 0 Å². The first-order chi connectivity index (χ1) is 9.78. The van der Waals surface area contributed by atoms with Gasteiger partial charge < -0.3 is 9.30 Å². The van der Waals surface area contributed by atoms with Crippen LogP contribution in [0, 0.1) is 6.92 Å². The molecule has 0 radical (unpaired) electrons. The van der Waals surface area contributed by atoms with Gasteiger partial charge in [0.1, 0.15) is 5.75 Å². The molecule has 0 fully saturated rings. The van der Waals surface area contributed by atoms with E-state index in [1.807, 2.05) is 12.1 Å². The van der Waals surface area contributed by atoms with E-state index in [1.165, 1.54) is 22.5 Å². The van der Waals surface area contributed by atoms with Gasteiger partial charge in [0.15, 0.2) is 0 Å². The molecule has 0 bridgehead atoms. The van der Waals surface area contributed by atoms with Gasteiger partial charge in [0.2, 0.25) is 0 Å². The lowest BCUT2D eigenvalue weighted by molar-refractivity contribution is 0.415. The third kappa shape index (κ3) is 2.32. The van der Waals surface area contributed by atoms with Crippen molar-refractivity contribution in [3.8, 4) is 22.7 Å². The zero-order chi connectivity index (χ0) is 13.9. The number of ether oxygens (including phenoxy) is 1. The Balaban J connectivity index is 2.02. The Labute approximate surface area is 119 Å². The second-order valence-electron chi connectivity index (χ2n) is 4.83. The fourth-order valence-corrected chi connectivity index (χ4v) is 2.31. The topological polar surface area (TPSA) is 14.2 Å². The molecule has 0 saturated heterocycles. The SMILES string of the molecule is COc1ccc(-c2cccn2-c2ccc(C)cc2)cc1. The molecule has 1 heterocycles. The monoisotopic (exact) mass is 263 g/mol. The molecule has 1 aromatic heterocycles. The van der Waals surface area contributed by atoms with Crippen molar-refractivity contribution < 1.29 is 4.74 Å². The number of nitrogens with zero attached hydrogens (tertiary/aromatic N) is 1. The van der Waals surface area contributed by atoms with E-state index < -0.39 is 0 Å². The summed E-state index contributed by atoms with van der Waals surface area (Å²) in [7, 11) is 1.68. The van der Waals surface area contributed by atoms with Crippen LogP contribution in [0.25, 0.3) is 16.9 Å². The van der Waals surface area contributed by atoms with Crippen molar-refractivity contribution >= 4 is 0 Å². The van der Waals surface area contributed by atoms with Crippen molar-refractivity contribution in [2.45, 2.75) is 6.92 Å². The molecule has 0 aliphatic rings. The summed E-state index contributed by atoms with van der Waals surface area (Å²) in [5.41, 5.74) is 4.80. The summed E-state index contributed by atoms with van der Waals surface area (Å²) in [5, 5.41) is 0. The van der Waals surface area contributed by atoms with E-state index >= 15 is 0 Å². The summed E-state index contributed by atoms with van der Waals surface area (Å²) in [6.45, 7) is 2.10. The van der Waals surface area contributed by atoms with Crippen LogP contribution in [0.4, 0.5) is 0 Å². The molecule has 2 heteroatoms. The maximum Gasteiger partial charge on any atom is 0.118 e. The van der Waals surface area contributed by atoms with Crippen LogP contribution in [0.2, 0.25) is 0 Å². The summed E-state index contributed by atoms with van der Waals surface area (Å²) < 4.78 is 7.40. The van der Waals surface area contributed by atoms with Gasteiger partial charge >= 0.3 is 0 Å². The molecule has 0 unspecified atom stereocenters. The molecule has 100 valence electrons. The molecular formula is C18H17NO. The predicted molar refractivity (Wildman–Crippen MR) is 82.5 cm³/mol. The summed E-state index contributed by atoms with van der Waals surface area (Å²) in [5.74, 6) is 0.877. The predicted octanol–water partition coefficient (Wildman–Crippen LogP) is 4.46. The van der Waals surface area contributed by atoms with Gasteiger partial charge in [-0.1, -0.05) is 17.7 Å².